The second kappa shape index (κ2) is 15.8. The zero-order chi connectivity index (χ0) is 23.1. The molecular weight excluding hydrogens is 422 g/mol. The Kier molecular flexibility index (Phi) is 13.9. The van der Waals surface area contributed by atoms with Crippen molar-refractivity contribution in [1.29, 1.82) is 0 Å². The standard InChI is InChI=1S/C23H38ClNO6/c1-5-6-7-8-9-10-11-12-13-14-17-28-25-16-15-20(24)21(25)22(26)30-19(4)31-23(27)29-18(2)3/h15-16,18-19H,5-14,17H2,1-4H3. The molecule has 0 bridgehead atoms. The molecule has 0 radical (unpaired) electrons. The second-order valence-electron chi connectivity index (χ2n) is 7.86. The van der Waals surface area contributed by atoms with Gasteiger partial charge >= 0.3 is 12.1 Å². The molecule has 0 amide bonds. The van der Waals surface area contributed by atoms with Crippen LogP contribution in [-0.2, 0) is 14.2 Å². The van der Waals surface area contributed by atoms with Gasteiger partial charge < -0.3 is 19.0 Å². The van der Waals surface area contributed by atoms with E-state index in [1.165, 1.54) is 63.0 Å². The minimum Gasteiger partial charge on any atom is -0.431 e. The van der Waals surface area contributed by atoms with Crippen LogP contribution in [0.2, 0.25) is 5.02 Å². The summed E-state index contributed by atoms with van der Waals surface area (Å²) in [5.41, 5.74) is 0.0569. The maximum absolute atomic E-state index is 12.4. The molecule has 1 atom stereocenters. The van der Waals surface area contributed by atoms with E-state index in [1.807, 2.05) is 0 Å². The van der Waals surface area contributed by atoms with Crippen molar-refractivity contribution < 1.29 is 28.6 Å². The fraction of sp³-hybridized carbons (Fsp3) is 0.739. The van der Waals surface area contributed by atoms with E-state index < -0.39 is 18.4 Å². The minimum atomic E-state index is -1.12. The Labute approximate surface area is 191 Å². The second-order valence-corrected chi connectivity index (χ2v) is 8.27. The summed E-state index contributed by atoms with van der Waals surface area (Å²) in [5.74, 6) is -0.747. The summed E-state index contributed by atoms with van der Waals surface area (Å²) in [5, 5.41) is 0.199. The Morgan fingerprint density at radius 2 is 1.48 bits per heavy atom. The van der Waals surface area contributed by atoms with Gasteiger partial charge in [-0.1, -0.05) is 69.9 Å². The average molecular weight is 460 g/mol. The number of esters is 1. The Balaban J connectivity index is 2.30. The summed E-state index contributed by atoms with van der Waals surface area (Å²) >= 11 is 6.11. The van der Waals surface area contributed by atoms with Gasteiger partial charge in [-0.25, -0.2) is 9.59 Å². The number of carbonyl (C=O) groups is 2. The van der Waals surface area contributed by atoms with Crippen LogP contribution >= 0.6 is 11.6 Å². The third-order valence-electron chi connectivity index (χ3n) is 4.59. The molecule has 0 aromatic carbocycles. The first-order valence-electron chi connectivity index (χ1n) is 11.4. The molecule has 0 aliphatic carbocycles. The van der Waals surface area contributed by atoms with Crippen molar-refractivity contribution >= 4 is 23.7 Å². The largest absolute Gasteiger partial charge is 0.511 e. The number of unbranched alkanes of at least 4 members (excludes halogenated alkanes) is 9. The van der Waals surface area contributed by atoms with Crippen LogP contribution in [-0.4, -0.2) is 35.9 Å². The van der Waals surface area contributed by atoms with Gasteiger partial charge in [-0.15, -0.1) is 0 Å². The number of ether oxygens (including phenoxy) is 3. The predicted molar refractivity (Wildman–Crippen MR) is 120 cm³/mol. The lowest BCUT2D eigenvalue weighted by molar-refractivity contribution is -0.0878. The van der Waals surface area contributed by atoms with E-state index in [4.69, 9.17) is 30.6 Å². The van der Waals surface area contributed by atoms with Crippen LogP contribution in [0.3, 0.4) is 0 Å². The van der Waals surface area contributed by atoms with Gasteiger partial charge in [-0.05, 0) is 32.8 Å². The fourth-order valence-corrected chi connectivity index (χ4v) is 3.24. The van der Waals surface area contributed by atoms with E-state index in [-0.39, 0.29) is 16.8 Å². The number of rotatable bonds is 16. The zero-order valence-corrected chi connectivity index (χ0v) is 20.1. The van der Waals surface area contributed by atoms with Crippen LogP contribution < -0.4 is 4.84 Å². The van der Waals surface area contributed by atoms with Gasteiger partial charge in [0.15, 0.2) is 5.69 Å². The number of nitrogens with zero attached hydrogens (tertiary/aromatic N) is 1. The van der Waals surface area contributed by atoms with Crippen molar-refractivity contribution in [3.63, 3.8) is 0 Å². The minimum absolute atomic E-state index is 0.0569. The van der Waals surface area contributed by atoms with Crippen LogP contribution in [0.5, 0.6) is 0 Å². The van der Waals surface area contributed by atoms with Crippen molar-refractivity contribution in [3.8, 4) is 0 Å². The van der Waals surface area contributed by atoms with Crippen molar-refractivity contribution in [3.05, 3.63) is 23.0 Å². The van der Waals surface area contributed by atoms with Crippen LogP contribution in [0, 0.1) is 0 Å². The number of aromatic nitrogens is 1. The van der Waals surface area contributed by atoms with Gasteiger partial charge in [-0.3, -0.25) is 0 Å². The van der Waals surface area contributed by atoms with Crippen LogP contribution in [0.1, 0.15) is 102 Å². The lowest BCUT2D eigenvalue weighted by Gasteiger charge is -2.16. The van der Waals surface area contributed by atoms with Crippen molar-refractivity contribution in [2.75, 3.05) is 6.61 Å². The third kappa shape index (κ3) is 11.9. The van der Waals surface area contributed by atoms with Gasteiger partial charge in [0.1, 0.15) is 6.61 Å². The molecule has 0 spiro atoms. The number of hydrogen-bond donors (Lipinski definition) is 0. The van der Waals surface area contributed by atoms with Gasteiger partial charge in [0, 0.05) is 13.1 Å². The monoisotopic (exact) mass is 459 g/mol. The van der Waals surface area contributed by atoms with Gasteiger partial charge in [0.2, 0.25) is 6.29 Å². The molecule has 8 heteroatoms. The topological polar surface area (TPSA) is 76.0 Å². The van der Waals surface area contributed by atoms with Crippen LogP contribution in [0.25, 0.3) is 0 Å². The fourth-order valence-electron chi connectivity index (χ4n) is 3.03. The zero-order valence-electron chi connectivity index (χ0n) is 19.4. The van der Waals surface area contributed by atoms with E-state index >= 15 is 0 Å². The molecule has 0 aliphatic heterocycles. The highest BCUT2D eigenvalue weighted by atomic mass is 35.5. The molecular formula is C23H38ClNO6. The van der Waals surface area contributed by atoms with E-state index in [2.05, 4.69) is 6.92 Å². The highest BCUT2D eigenvalue weighted by Crippen LogP contribution is 2.19. The molecule has 0 aliphatic rings. The molecule has 1 unspecified atom stereocenters. The summed E-state index contributed by atoms with van der Waals surface area (Å²) in [6.45, 7) is 7.50. The predicted octanol–water partition coefficient (Wildman–Crippen LogP) is 6.56. The Hall–Kier alpha value is -1.89. The first-order valence-corrected chi connectivity index (χ1v) is 11.8. The number of halogens is 1. The lowest BCUT2D eigenvalue weighted by Crippen LogP contribution is -2.26. The van der Waals surface area contributed by atoms with Crippen molar-refractivity contribution in [1.82, 2.24) is 4.73 Å². The average Bonchev–Trinajstić information content (AvgIpc) is 3.05. The van der Waals surface area contributed by atoms with Gasteiger partial charge in [0.25, 0.3) is 0 Å². The Morgan fingerprint density at radius 3 is 2.06 bits per heavy atom. The smallest absolute Gasteiger partial charge is 0.431 e. The van der Waals surface area contributed by atoms with E-state index in [9.17, 15) is 9.59 Å². The van der Waals surface area contributed by atoms with Crippen molar-refractivity contribution in [2.45, 2.75) is 104 Å². The molecule has 31 heavy (non-hydrogen) atoms. The Morgan fingerprint density at radius 1 is 0.903 bits per heavy atom. The Bertz CT molecular complexity index is 646. The molecule has 7 nitrogen and oxygen atoms in total. The molecule has 0 saturated carbocycles. The third-order valence-corrected chi connectivity index (χ3v) is 4.90. The highest BCUT2D eigenvalue weighted by Gasteiger charge is 2.23. The van der Waals surface area contributed by atoms with Crippen LogP contribution in [0.15, 0.2) is 12.3 Å². The summed E-state index contributed by atoms with van der Waals surface area (Å²) < 4.78 is 16.2. The SMILES string of the molecule is CCCCCCCCCCCCOn1ccc(Cl)c1C(=O)OC(C)OC(=O)OC(C)C. The van der Waals surface area contributed by atoms with E-state index in [0.29, 0.717) is 6.61 Å². The first kappa shape index (κ1) is 27.1. The summed E-state index contributed by atoms with van der Waals surface area (Å²) in [7, 11) is 0. The summed E-state index contributed by atoms with van der Waals surface area (Å²) in [4.78, 5) is 29.6. The van der Waals surface area contributed by atoms with E-state index in [0.717, 1.165) is 12.8 Å². The molecule has 0 fully saturated rings. The molecule has 0 saturated heterocycles. The summed E-state index contributed by atoms with van der Waals surface area (Å²) in [6, 6.07) is 1.55. The number of hydrogen-bond acceptors (Lipinski definition) is 6. The molecule has 178 valence electrons. The molecule has 0 N–H and O–H groups in total. The normalized spacial score (nSPS) is 11.9. The maximum atomic E-state index is 12.4. The molecule has 1 aromatic heterocycles. The summed E-state index contributed by atoms with van der Waals surface area (Å²) in [6.07, 6.45) is 11.5. The van der Waals surface area contributed by atoms with Crippen molar-refractivity contribution in [2.24, 2.45) is 0 Å². The quantitative estimate of drug-likeness (QED) is 0.158. The number of carbonyl (C=O) groups excluding carboxylic acids is 2. The molecule has 1 heterocycles. The first-order chi connectivity index (χ1) is 14.8. The van der Waals surface area contributed by atoms with Gasteiger partial charge in [0.05, 0.1) is 11.1 Å². The van der Waals surface area contributed by atoms with E-state index in [1.54, 1.807) is 26.1 Å². The van der Waals surface area contributed by atoms with Gasteiger partial charge in [-0.2, -0.15) is 4.73 Å². The molecule has 1 aromatic rings. The van der Waals surface area contributed by atoms with Crippen LogP contribution in [0.4, 0.5) is 4.79 Å². The molecule has 1 rings (SSSR count). The highest BCUT2D eigenvalue weighted by molar-refractivity contribution is 6.33. The lowest BCUT2D eigenvalue weighted by atomic mass is 10.1. The maximum Gasteiger partial charge on any atom is 0.511 e.